The minimum absolute atomic E-state index is 0.0241. The number of hydrogen-bond donors (Lipinski definition) is 2. The number of benzene rings is 1. The van der Waals surface area contributed by atoms with E-state index in [1.54, 1.807) is 6.20 Å². The van der Waals surface area contributed by atoms with E-state index >= 15 is 0 Å². The molecule has 28 heavy (non-hydrogen) atoms. The Morgan fingerprint density at radius 3 is 2.75 bits per heavy atom. The van der Waals surface area contributed by atoms with Crippen molar-refractivity contribution in [2.24, 2.45) is 0 Å². The number of carbonyl (C=O) groups excluding carboxylic acids is 1. The van der Waals surface area contributed by atoms with Crippen LogP contribution in [0, 0.1) is 10.1 Å². The van der Waals surface area contributed by atoms with E-state index in [4.69, 9.17) is 5.11 Å². The fourth-order valence-electron chi connectivity index (χ4n) is 3.38. The molecule has 10 nitrogen and oxygen atoms in total. The van der Waals surface area contributed by atoms with Gasteiger partial charge in [-0.2, -0.15) is 0 Å². The lowest BCUT2D eigenvalue weighted by Crippen LogP contribution is -2.54. The molecule has 0 spiro atoms. The second-order valence-corrected chi connectivity index (χ2v) is 6.68. The fourth-order valence-corrected chi connectivity index (χ4v) is 3.38. The van der Waals surface area contributed by atoms with Crippen molar-refractivity contribution in [2.75, 3.05) is 13.1 Å². The topological polar surface area (TPSA) is 131 Å². The molecule has 1 heterocycles. The second-order valence-electron chi connectivity index (χ2n) is 6.68. The number of nitrogens with zero attached hydrogens (tertiary/aromatic N) is 4. The van der Waals surface area contributed by atoms with E-state index in [9.17, 15) is 19.7 Å². The smallest absolute Gasteiger partial charge is 0.317 e. The quantitative estimate of drug-likeness (QED) is 0.518. The first kappa shape index (κ1) is 19.5. The van der Waals surface area contributed by atoms with E-state index in [1.165, 1.54) is 35.3 Å². The molecule has 1 fully saturated rings. The Kier molecular flexibility index (Phi) is 5.69. The molecule has 148 valence electrons. The lowest BCUT2D eigenvalue weighted by molar-refractivity contribution is -0.384. The van der Waals surface area contributed by atoms with Gasteiger partial charge in [-0.05, 0) is 31.5 Å². The van der Waals surface area contributed by atoms with Crippen LogP contribution < -0.4 is 5.32 Å². The SMILES string of the molecule is CCN(CC(=O)O)C1CC(NC(=O)c2ccc(-n3ccnc3)c([N+](=O)[O-])c2)C1. The van der Waals surface area contributed by atoms with Gasteiger partial charge in [0.15, 0.2) is 0 Å². The first-order valence-electron chi connectivity index (χ1n) is 8.92. The van der Waals surface area contributed by atoms with Gasteiger partial charge in [0, 0.05) is 36.1 Å². The molecule has 1 amide bonds. The van der Waals surface area contributed by atoms with Gasteiger partial charge >= 0.3 is 5.97 Å². The molecule has 1 aliphatic carbocycles. The van der Waals surface area contributed by atoms with E-state index in [-0.39, 0.29) is 35.8 Å². The van der Waals surface area contributed by atoms with Crippen molar-refractivity contribution in [3.8, 4) is 5.69 Å². The Bertz CT molecular complexity index is 876. The van der Waals surface area contributed by atoms with Gasteiger partial charge in [0.1, 0.15) is 5.69 Å². The summed E-state index contributed by atoms with van der Waals surface area (Å²) < 4.78 is 1.51. The van der Waals surface area contributed by atoms with Gasteiger partial charge in [-0.15, -0.1) is 0 Å². The maximum absolute atomic E-state index is 12.5. The number of carboxylic acid groups (broad SMARTS) is 1. The number of carbonyl (C=O) groups is 2. The van der Waals surface area contributed by atoms with Gasteiger partial charge < -0.3 is 15.0 Å². The van der Waals surface area contributed by atoms with Crippen LogP contribution in [-0.4, -0.2) is 61.5 Å². The molecule has 10 heteroatoms. The lowest BCUT2D eigenvalue weighted by atomic mass is 9.85. The Balaban J connectivity index is 1.65. The van der Waals surface area contributed by atoms with Crippen LogP contribution in [-0.2, 0) is 4.79 Å². The van der Waals surface area contributed by atoms with Crippen molar-refractivity contribution in [3.63, 3.8) is 0 Å². The summed E-state index contributed by atoms with van der Waals surface area (Å²) >= 11 is 0. The number of nitro groups is 1. The van der Waals surface area contributed by atoms with Gasteiger partial charge in [-0.1, -0.05) is 6.92 Å². The van der Waals surface area contributed by atoms with Gasteiger partial charge in [-0.25, -0.2) is 4.98 Å². The molecule has 3 rings (SSSR count). The molecular weight excluding hydrogens is 366 g/mol. The van der Waals surface area contributed by atoms with Crippen LogP contribution in [0.1, 0.15) is 30.1 Å². The summed E-state index contributed by atoms with van der Waals surface area (Å²) in [6, 6.07) is 4.35. The molecule has 0 radical (unpaired) electrons. The van der Waals surface area contributed by atoms with E-state index in [0.29, 0.717) is 25.1 Å². The number of aliphatic carboxylic acids is 1. The fraction of sp³-hybridized carbons (Fsp3) is 0.389. The molecule has 1 saturated carbocycles. The monoisotopic (exact) mass is 387 g/mol. The third-order valence-electron chi connectivity index (χ3n) is 4.93. The Labute approximate surface area is 160 Å². The van der Waals surface area contributed by atoms with Crippen LogP contribution in [0.25, 0.3) is 5.69 Å². The number of aromatic nitrogens is 2. The number of carboxylic acids is 1. The molecular formula is C18H21N5O5. The maximum atomic E-state index is 12.5. The van der Waals surface area contributed by atoms with Crippen molar-refractivity contribution in [3.05, 3.63) is 52.6 Å². The van der Waals surface area contributed by atoms with E-state index in [1.807, 2.05) is 11.8 Å². The zero-order valence-corrected chi connectivity index (χ0v) is 15.3. The van der Waals surface area contributed by atoms with Crippen LogP contribution >= 0.6 is 0 Å². The Morgan fingerprint density at radius 1 is 1.43 bits per heavy atom. The third kappa shape index (κ3) is 4.17. The molecule has 0 bridgehead atoms. The average Bonchev–Trinajstić information content (AvgIpc) is 3.16. The number of amides is 1. The largest absolute Gasteiger partial charge is 0.480 e. The highest BCUT2D eigenvalue weighted by atomic mass is 16.6. The van der Waals surface area contributed by atoms with Crippen molar-refractivity contribution in [1.29, 1.82) is 0 Å². The summed E-state index contributed by atoms with van der Waals surface area (Å²) in [5.74, 6) is -1.26. The molecule has 0 unspecified atom stereocenters. The van der Waals surface area contributed by atoms with E-state index < -0.39 is 10.9 Å². The second kappa shape index (κ2) is 8.17. The van der Waals surface area contributed by atoms with E-state index in [0.717, 1.165) is 0 Å². The van der Waals surface area contributed by atoms with Crippen LogP contribution in [0.4, 0.5) is 5.69 Å². The lowest BCUT2D eigenvalue weighted by Gasteiger charge is -2.42. The molecule has 1 aromatic carbocycles. The van der Waals surface area contributed by atoms with Crippen molar-refractivity contribution >= 4 is 17.6 Å². The number of likely N-dealkylation sites (N-methyl/N-ethyl adjacent to an activating group) is 1. The predicted molar refractivity (Wildman–Crippen MR) is 99.4 cm³/mol. The first-order chi connectivity index (χ1) is 13.4. The highest BCUT2D eigenvalue weighted by Crippen LogP contribution is 2.27. The van der Waals surface area contributed by atoms with Crippen molar-refractivity contribution < 1.29 is 19.6 Å². The molecule has 0 saturated heterocycles. The maximum Gasteiger partial charge on any atom is 0.317 e. The highest BCUT2D eigenvalue weighted by Gasteiger charge is 2.35. The summed E-state index contributed by atoms with van der Waals surface area (Å²) in [7, 11) is 0. The minimum Gasteiger partial charge on any atom is -0.480 e. The molecule has 1 aliphatic rings. The van der Waals surface area contributed by atoms with Crippen molar-refractivity contribution in [1.82, 2.24) is 19.8 Å². The summed E-state index contributed by atoms with van der Waals surface area (Å²) in [6.45, 7) is 2.50. The van der Waals surface area contributed by atoms with Crippen LogP contribution in [0.2, 0.25) is 0 Å². The predicted octanol–water partition coefficient (Wildman–Crippen LogP) is 1.45. The Morgan fingerprint density at radius 2 is 2.18 bits per heavy atom. The third-order valence-corrected chi connectivity index (χ3v) is 4.93. The van der Waals surface area contributed by atoms with Crippen molar-refractivity contribution in [2.45, 2.75) is 31.8 Å². The van der Waals surface area contributed by atoms with Gasteiger partial charge in [0.2, 0.25) is 0 Å². The molecule has 0 atom stereocenters. The summed E-state index contributed by atoms with van der Waals surface area (Å²) in [5, 5.41) is 23.2. The summed E-state index contributed by atoms with van der Waals surface area (Å²) in [6.07, 6.45) is 5.87. The number of nitrogens with one attached hydrogen (secondary N) is 1. The normalized spacial score (nSPS) is 18.5. The standard InChI is InChI=1S/C18H21N5O5/c1-2-21(10-17(24)25)14-8-13(9-14)20-18(26)12-3-4-15(16(7-12)23(27)28)22-6-5-19-11-22/h3-7,11,13-14H,2,8-10H2,1H3,(H,20,26)(H,24,25). The zero-order valence-electron chi connectivity index (χ0n) is 15.3. The number of imidazole rings is 1. The van der Waals surface area contributed by atoms with Gasteiger partial charge in [-0.3, -0.25) is 24.6 Å². The Hall–Kier alpha value is -3.27. The number of nitro benzene ring substituents is 1. The summed E-state index contributed by atoms with van der Waals surface area (Å²) in [4.78, 5) is 40.0. The van der Waals surface area contributed by atoms with E-state index in [2.05, 4.69) is 10.3 Å². The first-order valence-corrected chi connectivity index (χ1v) is 8.92. The van der Waals surface area contributed by atoms with Gasteiger partial charge in [0.25, 0.3) is 11.6 Å². The molecule has 0 aliphatic heterocycles. The summed E-state index contributed by atoms with van der Waals surface area (Å²) in [5.41, 5.74) is 0.350. The average molecular weight is 387 g/mol. The van der Waals surface area contributed by atoms with Crippen LogP contribution in [0.5, 0.6) is 0 Å². The van der Waals surface area contributed by atoms with Crippen LogP contribution in [0.15, 0.2) is 36.9 Å². The number of rotatable bonds is 8. The minimum atomic E-state index is -0.875. The molecule has 2 N–H and O–H groups in total. The molecule has 1 aromatic heterocycles. The van der Waals surface area contributed by atoms with Crippen LogP contribution in [0.3, 0.4) is 0 Å². The van der Waals surface area contributed by atoms with Gasteiger partial charge in [0.05, 0.1) is 17.8 Å². The zero-order chi connectivity index (χ0) is 20.3. The highest BCUT2D eigenvalue weighted by molar-refractivity contribution is 5.95. The molecule has 2 aromatic rings. The number of hydrogen-bond acceptors (Lipinski definition) is 6.